The van der Waals surface area contributed by atoms with Crippen molar-refractivity contribution < 1.29 is 24.2 Å². The summed E-state index contributed by atoms with van der Waals surface area (Å²) in [6.45, 7) is 10.9. The molecule has 0 fully saturated rings. The Bertz CT molecular complexity index is 1100. The first-order valence-electron chi connectivity index (χ1n) is 16.4. The van der Waals surface area contributed by atoms with Crippen LogP contribution in [0.1, 0.15) is 117 Å². The zero-order valence-corrected chi connectivity index (χ0v) is 27.0. The molecule has 11 nitrogen and oxygen atoms in total. The maximum absolute atomic E-state index is 13.7. The fourth-order valence-corrected chi connectivity index (χ4v) is 5.08. The number of carbonyl (C=O) groups excluding carboxylic acids is 2. The van der Waals surface area contributed by atoms with E-state index in [-0.39, 0.29) is 26.2 Å². The summed E-state index contributed by atoms with van der Waals surface area (Å²) in [4.78, 5) is 65.2. The number of aromatic nitrogens is 3. The molecular formula is C33H55N3O8. The smallest absolute Gasteiger partial charge is 0.336 e. The first-order chi connectivity index (χ1) is 21.2. The van der Waals surface area contributed by atoms with Crippen LogP contribution in [0.25, 0.3) is 0 Å². The van der Waals surface area contributed by atoms with E-state index in [4.69, 9.17) is 14.6 Å². The lowest BCUT2D eigenvalue weighted by Crippen LogP contribution is -2.56. The van der Waals surface area contributed by atoms with Crippen molar-refractivity contribution in [2.75, 3.05) is 6.61 Å². The summed E-state index contributed by atoms with van der Waals surface area (Å²) in [5.41, 5.74) is -2.35. The maximum atomic E-state index is 13.7. The Morgan fingerprint density at radius 1 is 0.636 bits per heavy atom. The summed E-state index contributed by atoms with van der Waals surface area (Å²) in [7, 11) is 0. The van der Waals surface area contributed by atoms with Crippen molar-refractivity contribution >= 4 is 11.9 Å². The third-order valence-corrected chi connectivity index (χ3v) is 7.61. The molecule has 0 aromatic carbocycles. The maximum Gasteiger partial charge on any atom is 0.336 e. The number of unbranched alkanes of at least 4 members (excludes halogenated alkanes) is 11. The molecule has 0 bridgehead atoms. The molecule has 0 aliphatic carbocycles. The molecule has 0 saturated carbocycles. The van der Waals surface area contributed by atoms with Crippen LogP contribution in [0.4, 0.5) is 0 Å². The van der Waals surface area contributed by atoms with Gasteiger partial charge >= 0.3 is 29.0 Å². The molecule has 250 valence electrons. The van der Waals surface area contributed by atoms with Crippen molar-refractivity contribution in [1.82, 2.24) is 13.7 Å². The minimum atomic E-state index is -0.832. The minimum Gasteiger partial charge on any atom is -0.457 e. The lowest BCUT2D eigenvalue weighted by molar-refractivity contribution is -0.144. The number of hydrogen-bond donors (Lipinski definition) is 1. The Hall–Kier alpha value is -3.21. The molecule has 1 N–H and O–H groups in total. The number of carbonyl (C=O) groups is 2. The van der Waals surface area contributed by atoms with Gasteiger partial charge < -0.3 is 14.6 Å². The van der Waals surface area contributed by atoms with E-state index in [0.717, 1.165) is 109 Å². The Morgan fingerprint density at radius 3 is 1.43 bits per heavy atom. The van der Waals surface area contributed by atoms with Gasteiger partial charge in [0.05, 0.1) is 13.1 Å². The van der Waals surface area contributed by atoms with Gasteiger partial charge in [-0.05, 0) is 38.5 Å². The number of rotatable bonds is 26. The summed E-state index contributed by atoms with van der Waals surface area (Å²) in [5, 5.41) is 8.98. The van der Waals surface area contributed by atoms with Crippen LogP contribution in [0.5, 0.6) is 0 Å². The van der Waals surface area contributed by atoms with E-state index in [2.05, 4.69) is 27.0 Å². The van der Waals surface area contributed by atoms with Gasteiger partial charge in [0.1, 0.15) is 12.2 Å². The molecule has 11 heteroatoms. The van der Waals surface area contributed by atoms with Crippen molar-refractivity contribution in [1.29, 1.82) is 0 Å². The lowest BCUT2D eigenvalue weighted by Gasteiger charge is -2.22. The third kappa shape index (κ3) is 14.5. The molecule has 1 heterocycles. The highest BCUT2D eigenvalue weighted by Crippen LogP contribution is 2.12. The summed E-state index contributed by atoms with van der Waals surface area (Å²) in [5.74, 6) is -1.31. The third-order valence-electron chi connectivity index (χ3n) is 7.61. The second kappa shape index (κ2) is 23.2. The van der Waals surface area contributed by atoms with Gasteiger partial charge in [-0.1, -0.05) is 91.2 Å². The van der Waals surface area contributed by atoms with Gasteiger partial charge in [0.2, 0.25) is 0 Å². The van der Waals surface area contributed by atoms with E-state index in [9.17, 15) is 24.0 Å². The van der Waals surface area contributed by atoms with Crippen LogP contribution in [0.2, 0.25) is 0 Å². The number of aliphatic hydroxyl groups is 1. The minimum absolute atomic E-state index is 0.110. The number of ether oxygens (including phenoxy) is 2. The molecule has 0 amide bonds. The van der Waals surface area contributed by atoms with Gasteiger partial charge in [-0.2, -0.15) is 0 Å². The van der Waals surface area contributed by atoms with Crippen molar-refractivity contribution in [3.05, 3.63) is 56.8 Å². The summed E-state index contributed by atoms with van der Waals surface area (Å²) >= 11 is 0. The van der Waals surface area contributed by atoms with Crippen LogP contribution in [-0.2, 0) is 38.7 Å². The second-order valence-corrected chi connectivity index (χ2v) is 11.3. The number of aliphatic hydroxyl groups excluding tert-OH is 1. The quantitative estimate of drug-likeness (QED) is 0.0897. The Kier molecular flexibility index (Phi) is 20.5. The molecule has 0 spiro atoms. The van der Waals surface area contributed by atoms with Crippen LogP contribution >= 0.6 is 0 Å². The summed E-state index contributed by atoms with van der Waals surface area (Å²) < 4.78 is 14.0. The molecule has 0 aliphatic rings. The van der Waals surface area contributed by atoms with Gasteiger partial charge in [0, 0.05) is 25.3 Å². The normalized spacial score (nSPS) is 12.4. The predicted octanol–water partition coefficient (Wildman–Crippen LogP) is 4.64. The predicted molar refractivity (Wildman–Crippen MR) is 172 cm³/mol. The average molecular weight is 622 g/mol. The fourth-order valence-electron chi connectivity index (χ4n) is 5.08. The van der Waals surface area contributed by atoms with Crippen LogP contribution in [-0.4, -0.2) is 49.6 Å². The van der Waals surface area contributed by atoms with Crippen LogP contribution in [0.15, 0.2) is 39.7 Å². The van der Waals surface area contributed by atoms with Crippen molar-refractivity contribution in [3.63, 3.8) is 0 Å². The van der Waals surface area contributed by atoms with E-state index < -0.39 is 41.2 Å². The Morgan fingerprint density at radius 2 is 1.02 bits per heavy atom. The molecule has 0 saturated heterocycles. The first kappa shape index (κ1) is 38.8. The molecule has 1 rings (SSSR count). The molecule has 44 heavy (non-hydrogen) atoms. The van der Waals surface area contributed by atoms with Crippen molar-refractivity contribution in [2.45, 2.75) is 148 Å². The van der Waals surface area contributed by atoms with Crippen LogP contribution in [0.3, 0.4) is 0 Å². The molecule has 0 radical (unpaired) electrons. The first-order valence-corrected chi connectivity index (χ1v) is 16.4. The van der Waals surface area contributed by atoms with E-state index in [1.165, 1.54) is 0 Å². The van der Waals surface area contributed by atoms with Crippen molar-refractivity contribution in [3.8, 4) is 0 Å². The molecule has 1 aromatic rings. The van der Waals surface area contributed by atoms with Crippen molar-refractivity contribution in [2.24, 2.45) is 0 Å². The average Bonchev–Trinajstić information content (AvgIpc) is 3.01. The standard InChI is InChI=1S/C33H55N3O8/c1-5-9-11-17-21-27(43-29(38)7-3)25-35-31(40)34(23-19-15-13-14-16-20-24-37)32(41)36(33(35)42)26-28(44-30(39)8-4)22-18-12-10-6-2/h7-8,27-28,37H,3-6,9-26H2,1-2H3. The van der Waals surface area contributed by atoms with Crippen LogP contribution < -0.4 is 17.1 Å². The van der Waals surface area contributed by atoms with Gasteiger partial charge in [-0.25, -0.2) is 37.7 Å². The summed E-state index contributed by atoms with van der Waals surface area (Å²) in [6, 6.07) is 0. The van der Waals surface area contributed by atoms with E-state index in [1.807, 2.05) is 0 Å². The second-order valence-electron chi connectivity index (χ2n) is 11.3. The number of nitrogens with zero attached hydrogens (tertiary/aromatic N) is 3. The zero-order chi connectivity index (χ0) is 32.7. The number of hydrogen-bond acceptors (Lipinski definition) is 8. The highest BCUT2D eigenvalue weighted by Gasteiger charge is 2.23. The Balaban J connectivity index is 3.47. The van der Waals surface area contributed by atoms with Gasteiger partial charge in [0.15, 0.2) is 0 Å². The van der Waals surface area contributed by atoms with Gasteiger partial charge in [-0.3, -0.25) is 0 Å². The lowest BCUT2D eigenvalue weighted by atomic mass is 10.1. The molecule has 1 aromatic heterocycles. The molecular weight excluding hydrogens is 566 g/mol. The topological polar surface area (TPSA) is 139 Å². The Labute approximate surface area is 261 Å². The monoisotopic (exact) mass is 621 g/mol. The summed E-state index contributed by atoms with van der Waals surface area (Å²) in [6.07, 6.45) is 13.5. The van der Waals surface area contributed by atoms with Crippen LogP contribution in [0, 0.1) is 0 Å². The van der Waals surface area contributed by atoms with E-state index in [0.29, 0.717) is 19.3 Å². The number of esters is 2. The zero-order valence-electron chi connectivity index (χ0n) is 27.0. The van der Waals surface area contributed by atoms with Gasteiger partial charge in [0.25, 0.3) is 0 Å². The van der Waals surface area contributed by atoms with E-state index >= 15 is 0 Å². The fraction of sp³-hybridized carbons (Fsp3) is 0.727. The highest BCUT2D eigenvalue weighted by molar-refractivity contribution is 5.81. The molecule has 2 unspecified atom stereocenters. The highest BCUT2D eigenvalue weighted by atomic mass is 16.5. The SMILES string of the molecule is C=CC(=O)OC(CCCCCC)Cn1c(=O)n(CCCCCCCCO)c(=O)n(CC(CCCCCC)OC(=O)C=C)c1=O. The largest absolute Gasteiger partial charge is 0.457 e. The molecule has 0 aliphatic heterocycles. The van der Waals surface area contributed by atoms with E-state index in [1.54, 1.807) is 0 Å². The van der Waals surface area contributed by atoms with Gasteiger partial charge in [-0.15, -0.1) is 0 Å². The molecule has 2 atom stereocenters.